The van der Waals surface area contributed by atoms with Gasteiger partial charge in [0.25, 0.3) is 11.6 Å². The van der Waals surface area contributed by atoms with Crippen molar-refractivity contribution in [2.45, 2.75) is 32.6 Å². The van der Waals surface area contributed by atoms with Crippen LogP contribution in [0.3, 0.4) is 0 Å². The number of nitro benzene ring substituents is 1. The molecule has 1 aliphatic carbocycles. The molecule has 1 fully saturated rings. The van der Waals surface area contributed by atoms with Crippen molar-refractivity contribution in [3.63, 3.8) is 0 Å². The normalized spacial score (nSPS) is 20.6. The molecule has 6 nitrogen and oxygen atoms in total. The Labute approximate surface area is 117 Å². The molecule has 1 N–H and O–H groups in total. The zero-order valence-electron chi connectivity index (χ0n) is 11.3. The number of rotatable bonds is 3. The largest absolute Gasteiger partial charge is 0.282 e. The number of benzene rings is 1. The molecule has 2 rings (SSSR count). The van der Waals surface area contributed by atoms with Crippen LogP contribution in [0.15, 0.2) is 29.4 Å². The zero-order chi connectivity index (χ0) is 14.5. The Morgan fingerprint density at radius 2 is 2.20 bits per heavy atom. The lowest BCUT2D eigenvalue weighted by Crippen LogP contribution is -2.23. The van der Waals surface area contributed by atoms with Gasteiger partial charge in [0.15, 0.2) is 0 Å². The number of nitrogens with one attached hydrogen (secondary N) is 1. The third-order valence-corrected chi connectivity index (χ3v) is 3.41. The molecule has 1 saturated carbocycles. The molecule has 0 saturated heterocycles. The Morgan fingerprint density at radius 1 is 1.45 bits per heavy atom. The molecule has 1 aliphatic rings. The minimum atomic E-state index is -0.565. The standard InChI is InChI=1S/C14H17N3O3/c1-10-5-4-6-11(9-10)15-16-14(18)12-7-2-3-8-13(12)17(19)20/h2-3,7-8,10H,4-6,9H2,1H3,(H,16,18). The third-order valence-electron chi connectivity index (χ3n) is 3.41. The van der Waals surface area contributed by atoms with Crippen molar-refractivity contribution in [3.05, 3.63) is 39.9 Å². The van der Waals surface area contributed by atoms with Crippen molar-refractivity contribution < 1.29 is 9.72 Å². The Bertz CT molecular complexity index is 554. The minimum Gasteiger partial charge on any atom is -0.267 e. The highest BCUT2D eigenvalue weighted by atomic mass is 16.6. The van der Waals surface area contributed by atoms with Crippen LogP contribution < -0.4 is 5.43 Å². The Hall–Kier alpha value is -2.24. The first-order valence-electron chi connectivity index (χ1n) is 6.67. The zero-order valence-corrected chi connectivity index (χ0v) is 11.3. The highest BCUT2D eigenvalue weighted by Crippen LogP contribution is 2.21. The van der Waals surface area contributed by atoms with Crippen LogP contribution in [0.1, 0.15) is 43.0 Å². The molecular formula is C14H17N3O3. The van der Waals surface area contributed by atoms with Crippen LogP contribution in [0.2, 0.25) is 0 Å². The van der Waals surface area contributed by atoms with E-state index in [2.05, 4.69) is 17.5 Å². The molecule has 1 amide bonds. The predicted octanol–water partition coefficient (Wildman–Crippen LogP) is 2.89. The maximum atomic E-state index is 12.0. The van der Waals surface area contributed by atoms with Crippen LogP contribution in [-0.4, -0.2) is 16.5 Å². The summed E-state index contributed by atoms with van der Waals surface area (Å²) in [6.45, 7) is 2.15. The fourth-order valence-corrected chi connectivity index (χ4v) is 2.38. The molecule has 1 unspecified atom stereocenters. The van der Waals surface area contributed by atoms with E-state index in [-0.39, 0.29) is 11.3 Å². The lowest BCUT2D eigenvalue weighted by molar-refractivity contribution is -0.385. The van der Waals surface area contributed by atoms with E-state index >= 15 is 0 Å². The Balaban J connectivity index is 2.09. The number of para-hydroxylation sites is 1. The highest BCUT2D eigenvalue weighted by Gasteiger charge is 2.19. The monoisotopic (exact) mass is 275 g/mol. The van der Waals surface area contributed by atoms with Crippen LogP contribution in [0.4, 0.5) is 5.69 Å². The van der Waals surface area contributed by atoms with Gasteiger partial charge in [0.1, 0.15) is 5.56 Å². The molecule has 0 spiro atoms. The molecule has 0 radical (unpaired) electrons. The van der Waals surface area contributed by atoms with Gasteiger partial charge in [-0.3, -0.25) is 14.9 Å². The number of amides is 1. The first-order valence-corrected chi connectivity index (χ1v) is 6.67. The number of carbonyl (C=O) groups excluding carboxylic acids is 1. The van der Waals surface area contributed by atoms with Gasteiger partial charge < -0.3 is 0 Å². The smallest absolute Gasteiger partial charge is 0.267 e. The summed E-state index contributed by atoms with van der Waals surface area (Å²) >= 11 is 0. The SMILES string of the molecule is CC1CCCC(=NNC(=O)c2ccccc2[N+](=O)[O-])C1. The van der Waals surface area contributed by atoms with Gasteiger partial charge in [-0.05, 0) is 37.7 Å². The molecular weight excluding hydrogens is 258 g/mol. The summed E-state index contributed by atoms with van der Waals surface area (Å²) < 4.78 is 0. The fourth-order valence-electron chi connectivity index (χ4n) is 2.38. The van der Waals surface area contributed by atoms with Gasteiger partial charge in [0.2, 0.25) is 0 Å². The maximum absolute atomic E-state index is 12.0. The number of nitrogens with zero attached hydrogens (tertiary/aromatic N) is 2. The fraction of sp³-hybridized carbons (Fsp3) is 0.429. The number of nitro groups is 1. The lowest BCUT2D eigenvalue weighted by Gasteiger charge is -2.18. The summed E-state index contributed by atoms with van der Waals surface area (Å²) in [6.07, 6.45) is 4.00. The molecule has 1 atom stereocenters. The van der Waals surface area contributed by atoms with Gasteiger partial charge in [-0.1, -0.05) is 19.1 Å². The minimum absolute atomic E-state index is 0.0331. The Kier molecular flexibility index (Phi) is 4.45. The van der Waals surface area contributed by atoms with Crippen LogP contribution in [0.5, 0.6) is 0 Å². The maximum Gasteiger partial charge on any atom is 0.282 e. The van der Waals surface area contributed by atoms with E-state index in [1.54, 1.807) is 6.07 Å². The second-order valence-electron chi connectivity index (χ2n) is 5.09. The van der Waals surface area contributed by atoms with E-state index in [4.69, 9.17) is 0 Å². The summed E-state index contributed by atoms with van der Waals surface area (Å²) in [5.41, 5.74) is 3.21. The summed E-state index contributed by atoms with van der Waals surface area (Å²) in [7, 11) is 0. The topological polar surface area (TPSA) is 84.6 Å². The quantitative estimate of drug-likeness (QED) is 0.680. The molecule has 1 aromatic carbocycles. The highest BCUT2D eigenvalue weighted by molar-refractivity contribution is 5.99. The average molecular weight is 275 g/mol. The van der Waals surface area contributed by atoms with Gasteiger partial charge in [0, 0.05) is 11.8 Å². The second-order valence-corrected chi connectivity index (χ2v) is 5.09. The number of hydrogen-bond acceptors (Lipinski definition) is 4. The Morgan fingerprint density at radius 3 is 2.90 bits per heavy atom. The van der Waals surface area contributed by atoms with E-state index in [0.29, 0.717) is 5.92 Å². The van der Waals surface area contributed by atoms with Gasteiger partial charge in [-0.15, -0.1) is 0 Å². The molecule has 0 bridgehead atoms. The number of hydrazone groups is 1. The van der Waals surface area contributed by atoms with Gasteiger partial charge in [-0.25, -0.2) is 5.43 Å². The van der Waals surface area contributed by atoms with Crippen molar-refractivity contribution in [2.75, 3.05) is 0 Å². The van der Waals surface area contributed by atoms with Crippen LogP contribution >= 0.6 is 0 Å². The van der Waals surface area contributed by atoms with Crippen molar-refractivity contribution in [3.8, 4) is 0 Å². The van der Waals surface area contributed by atoms with Crippen LogP contribution in [0.25, 0.3) is 0 Å². The average Bonchev–Trinajstić information content (AvgIpc) is 2.45. The summed E-state index contributed by atoms with van der Waals surface area (Å²) in [5.74, 6) is 0.0356. The first-order chi connectivity index (χ1) is 9.58. The van der Waals surface area contributed by atoms with Crippen molar-refractivity contribution >= 4 is 17.3 Å². The van der Waals surface area contributed by atoms with E-state index in [1.807, 2.05) is 0 Å². The second kappa shape index (κ2) is 6.27. The van der Waals surface area contributed by atoms with Crippen molar-refractivity contribution in [1.29, 1.82) is 0 Å². The summed E-state index contributed by atoms with van der Waals surface area (Å²) in [5, 5.41) is 15.0. The lowest BCUT2D eigenvalue weighted by atomic mass is 9.89. The van der Waals surface area contributed by atoms with E-state index in [9.17, 15) is 14.9 Å². The van der Waals surface area contributed by atoms with E-state index in [1.165, 1.54) is 24.6 Å². The number of hydrogen-bond donors (Lipinski definition) is 1. The van der Waals surface area contributed by atoms with Crippen molar-refractivity contribution in [1.82, 2.24) is 5.43 Å². The summed E-state index contributed by atoms with van der Waals surface area (Å²) in [6, 6.07) is 5.86. The predicted molar refractivity (Wildman–Crippen MR) is 75.6 cm³/mol. The molecule has 1 aromatic rings. The molecule has 106 valence electrons. The molecule has 0 aliphatic heterocycles. The van der Waals surface area contributed by atoms with Gasteiger partial charge in [-0.2, -0.15) is 5.10 Å². The molecule has 20 heavy (non-hydrogen) atoms. The van der Waals surface area contributed by atoms with Gasteiger partial charge in [0.05, 0.1) is 4.92 Å². The van der Waals surface area contributed by atoms with E-state index < -0.39 is 10.8 Å². The van der Waals surface area contributed by atoms with Crippen LogP contribution in [0, 0.1) is 16.0 Å². The third kappa shape index (κ3) is 3.40. The van der Waals surface area contributed by atoms with Gasteiger partial charge >= 0.3 is 0 Å². The van der Waals surface area contributed by atoms with Crippen LogP contribution in [-0.2, 0) is 0 Å². The van der Waals surface area contributed by atoms with E-state index in [0.717, 1.165) is 25.0 Å². The first kappa shape index (κ1) is 14.2. The van der Waals surface area contributed by atoms with Crippen molar-refractivity contribution in [2.24, 2.45) is 11.0 Å². The summed E-state index contributed by atoms with van der Waals surface area (Å²) in [4.78, 5) is 22.3. The number of carbonyl (C=O) groups is 1. The molecule has 0 heterocycles. The molecule has 0 aromatic heterocycles. The molecule has 6 heteroatoms.